The number of allylic oxidation sites excluding steroid dienone is 2. The number of esters is 1. The third kappa shape index (κ3) is 3.03. The summed E-state index contributed by atoms with van der Waals surface area (Å²) < 4.78 is 26.5. The quantitative estimate of drug-likeness (QED) is 0.331. The molecule has 1 aliphatic carbocycles. The van der Waals surface area contributed by atoms with Crippen LogP contribution in [0.1, 0.15) is 48.8 Å². The first-order valence-electron chi connectivity index (χ1n) is 11.3. The lowest BCUT2D eigenvalue weighted by Gasteiger charge is -2.35. The van der Waals surface area contributed by atoms with Crippen LogP contribution in [0.15, 0.2) is 33.2 Å². The molecule has 12 nitrogen and oxygen atoms in total. The maximum absolute atomic E-state index is 12.8. The minimum absolute atomic E-state index is 0.0441. The van der Waals surface area contributed by atoms with Crippen LogP contribution in [0.5, 0.6) is 28.7 Å². The van der Waals surface area contributed by atoms with Crippen LogP contribution in [-0.4, -0.2) is 52.9 Å². The second-order valence-corrected chi connectivity index (χ2v) is 9.02. The van der Waals surface area contributed by atoms with Gasteiger partial charge < -0.3 is 38.7 Å². The second-order valence-electron chi connectivity index (χ2n) is 9.02. The highest BCUT2D eigenvalue weighted by Gasteiger charge is 2.50. The molecule has 0 amide bonds. The Balaban J connectivity index is 1.44. The molecule has 194 valence electrons. The number of ether oxygens (including phenoxy) is 4. The molecule has 3 aliphatic rings. The van der Waals surface area contributed by atoms with Crippen molar-refractivity contribution in [2.75, 3.05) is 14.2 Å². The summed E-state index contributed by atoms with van der Waals surface area (Å²) in [6.07, 6.45) is 1.20. The number of hydrogen-bond acceptors (Lipinski definition) is 12. The molecule has 0 unspecified atom stereocenters. The van der Waals surface area contributed by atoms with E-state index in [1.807, 2.05) is 0 Å². The van der Waals surface area contributed by atoms with Crippen LogP contribution >= 0.6 is 0 Å². The van der Waals surface area contributed by atoms with Crippen molar-refractivity contribution in [1.29, 1.82) is 0 Å². The molecule has 3 heterocycles. The van der Waals surface area contributed by atoms with Crippen LogP contribution in [0, 0.1) is 0 Å². The molecule has 0 radical (unpaired) electrons. The van der Waals surface area contributed by atoms with Crippen molar-refractivity contribution in [3.63, 3.8) is 0 Å². The number of fused-ring (bicyclic) bond motifs is 4. The van der Waals surface area contributed by atoms with Crippen molar-refractivity contribution in [2.24, 2.45) is 0 Å². The van der Waals surface area contributed by atoms with Gasteiger partial charge in [-0.1, -0.05) is 0 Å². The van der Waals surface area contributed by atoms with Gasteiger partial charge in [0, 0.05) is 18.1 Å². The first kappa shape index (κ1) is 23.4. The largest absolute Gasteiger partial charge is 0.507 e. The Labute approximate surface area is 212 Å². The predicted octanol–water partition coefficient (Wildman–Crippen LogP) is 2.26. The van der Waals surface area contributed by atoms with Gasteiger partial charge in [-0.05, 0) is 29.5 Å². The van der Waals surface area contributed by atoms with Crippen molar-refractivity contribution >= 4 is 28.3 Å². The average Bonchev–Trinajstić information content (AvgIpc) is 3.27. The van der Waals surface area contributed by atoms with Crippen LogP contribution in [0.25, 0.3) is 10.8 Å². The third-order valence-corrected chi connectivity index (χ3v) is 6.92. The Morgan fingerprint density at radius 3 is 2.42 bits per heavy atom. The number of rotatable bonds is 2. The SMILES string of the molecule is COC(=O)c1cc2cc3c(c(O)c2c(=O)o1)O[C@]1(CC3)Cc2c(O)c3c(c(O)c2O1)C(=O)C(OC)=CC3=O. The molecule has 0 saturated heterocycles. The lowest BCUT2D eigenvalue weighted by atomic mass is 9.87. The minimum Gasteiger partial charge on any atom is -0.507 e. The number of aromatic hydroxyl groups is 3. The Morgan fingerprint density at radius 2 is 1.71 bits per heavy atom. The fourth-order valence-corrected chi connectivity index (χ4v) is 5.15. The number of hydrogen-bond donors (Lipinski definition) is 3. The van der Waals surface area contributed by atoms with Crippen LogP contribution in [0.4, 0.5) is 0 Å². The molecule has 1 aromatic heterocycles. The summed E-state index contributed by atoms with van der Waals surface area (Å²) in [4.78, 5) is 49.9. The molecule has 6 rings (SSSR count). The number of carbonyl (C=O) groups is 3. The number of ketones is 2. The van der Waals surface area contributed by atoms with E-state index in [4.69, 9.17) is 18.6 Å². The number of carbonyl (C=O) groups excluding carboxylic acids is 3. The van der Waals surface area contributed by atoms with Crippen LogP contribution in [0.2, 0.25) is 0 Å². The molecule has 38 heavy (non-hydrogen) atoms. The molecule has 3 N–H and O–H groups in total. The fraction of sp³-hybridized carbons (Fsp3) is 0.231. The highest BCUT2D eigenvalue weighted by Crippen LogP contribution is 2.55. The fourth-order valence-electron chi connectivity index (χ4n) is 5.15. The van der Waals surface area contributed by atoms with Crippen molar-refractivity contribution in [3.05, 3.63) is 62.4 Å². The van der Waals surface area contributed by atoms with E-state index in [1.165, 1.54) is 13.2 Å². The van der Waals surface area contributed by atoms with E-state index in [0.29, 0.717) is 5.56 Å². The Morgan fingerprint density at radius 1 is 0.974 bits per heavy atom. The Hall–Kier alpha value is -5.00. The van der Waals surface area contributed by atoms with Crippen LogP contribution < -0.4 is 15.1 Å². The molecule has 12 heteroatoms. The summed E-state index contributed by atoms with van der Waals surface area (Å²) >= 11 is 0. The zero-order valence-electron chi connectivity index (χ0n) is 19.9. The van der Waals surface area contributed by atoms with E-state index in [0.717, 1.165) is 13.2 Å². The van der Waals surface area contributed by atoms with Crippen molar-refractivity contribution in [2.45, 2.75) is 25.0 Å². The number of Topliss-reactive ketones (excluding diaryl/α,β-unsaturated/α-hetero) is 1. The van der Waals surface area contributed by atoms with E-state index in [1.54, 1.807) is 6.07 Å². The topological polar surface area (TPSA) is 179 Å². The molecule has 0 bridgehead atoms. The number of methoxy groups -OCH3 is 2. The first-order chi connectivity index (χ1) is 18.1. The van der Waals surface area contributed by atoms with E-state index < -0.39 is 51.8 Å². The van der Waals surface area contributed by atoms with Crippen LogP contribution in [-0.2, 0) is 22.3 Å². The molecule has 0 fully saturated rings. The van der Waals surface area contributed by atoms with Gasteiger partial charge in [0.05, 0.1) is 31.8 Å². The van der Waals surface area contributed by atoms with E-state index in [-0.39, 0.29) is 64.2 Å². The van der Waals surface area contributed by atoms with Gasteiger partial charge in [0.15, 0.2) is 34.5 Å². The van der Waals surface area contributed by atoms with Gasteiger partial charge in [-0.2, -0.15) is 0 Å². The van der Waals surface area contributed by atoms with Crippen molar-refractivity contribution < 1.29 is 53.1 Å². The summed E-state index contributed by atoms with van der Waals surface area (Å²) in [6.45, 7) is 0. The Kier molecular flexibility index (Phi) is 4.77. The zero-order valence-corrected chi connectivity index (χ0v) is 19.9. The van der Waals surface area contributed by atoms with E-state index >= 15 is 0 Å². The number of aryl methyl sites for hydroxylation is 1. The smallest absolute Gasteiger partial charge is 0.374 e. The maximum Gasteiger partial charge on any atom is 0.374 e. The summed E-state index contributed by atoms with van der Waals surface area (Å²) in [6, 6.07) is 2.83. The summed E-state index contributed by atoms with van der Waals surface area (Å²) in [5, 5.41) is 32.8. The molecular weight excluding hydrogens is 504 g/mol. The lowest BCUT2D eigenvalue weighted by molar-refractivity contribution is -0.112. The molecule has 1 atom stereocenters. The summed E-state index contributed by atoms with van der Waals surface area (Å²) in [7, 11) is 2.33. The molecule has 2 aromatic carbocycles. The van der Waals surface area contributed by atoms with E-state index in [9.17, 15) is 34.5 Å². The molecular formula is C26H18O12. The molecule has 1 spiro atoms. The van der Waals surface area contributed by atoms with Crippen LogP contribution in [0.3, 0.4) is 0 Å². The van der Waals surface area contributed by atoms with Crippen molar-refractivity contribution in [3.8, 4) is 28.7 Å². The second kappa shape index (κ2) is 7.75. The van der Waals surface area contributed by atoms with Gasteiger partial charge in [-0.15, -0.1) is 0 Å². The van der Waals surface area contributed by atoms with Crippen molar-refractivity contribution in [1.82, 2.24) is 0 Å². The lowest BCUT2D eigenvalue weighted by Crippen LogP contribution is -2.44. The van der Waals surface area contributed by atoms with Gasteiger partial charge in [0.25, 0.3) is 5.79 Å². The van der Waals surface area contributed by atoms with Gasteiger partial charge >= 0.3 is 11.6 Å². The van der Waals surface area contributed by atoms with Gasteiger partial charge in [-0.3, -0.25) is 9.59 Å². The van der Waals surface area contributed by atoms with Gasteiger partial charge in [0.1, 0.15) is 11.1 Å². The molecule has 2 aliphatic heterocycles. The highest BCUT2D eigenvalue weighted by atomic mass is 16.7. The molecule has 3 aromatic rings. The first-order valence-corrected chi connectivity index (χ1v) is 11.3. The monoisotopic (exact) mass is 522 g/mol. The van der Waals surface area contributed by atoms with Gasteiger partial charge in [-0.25, -0.2) is 9.59 Å². The van der Waals surface area contributed by atoms with Gasteiger partial charge in [0.2, 0.25) is 11.5 Å². The predicted molar refractivity (Wildman–Crippen MR) is 125 cm³/mol. The maximum atomic E-state index is 12.8. The minimum atomic E-state index is -1.55. The Bertz CT molecular complexity index is 1730. The number of benzene rings is 2. The standard InChI is InChI=1S/C26H18O12/c1-34-13-7-12(27)16-17(19(13)29)21(31)23-11(18(16)28)8-26(38-23)4-3-9-5-10-6-14(24(32)35-2)36-25(33)15(10)20(30)22(9)37-26/h5-7,28,30-31H,3-4,8H2,1-2H3/t26-/m0/s1. The number of phenolic OH excluding ortho intramolecular Hbond substituents is 3. The summed E-state index contributed by atoms with van der Waals surface area (Å²) in [5.74, 6) is -6.66. The zero-order chi connectivity index (χ0) is 27.1. The number of phenols is 3. The van der Waals surface area contributed by atoms with E-state index in [2.05, 4.69) is 4.74 Å². The highest BCUT2D eigenvalue weighted by molar-refractivity contribution is 6.26. The normalized spacial score (nSPS) is 19.3. The molecule has 0 saturated carbocycles. The third-order valence-electron chi connectivity index (χ3n) is 6.92. The average molecular weight is 522 g/mol. The summed E-state index contributed by atoms with van der Waals surface area (Å²) in [5.41, 5.74) is -1.29.